The highest BCUT2D eigenvalue weighted by Crippen LogP contribution is 2.16. The van der Waals surface area contributed by atoms with Gasteiger partial charge in [0.2, 0.25) is 5.91 Å². The third-order valence-corrected chi connectivity index (χ3v) is 5.55. The van der Waals surface area contributed by atoms with Crippen molar-refractivity contribution in [3.63, 3.8) is 0 Å². The van der Waals surface area contributed by atoms with Gasteiger partial charge in [-0.15, -0.1) is 0 Å². The van der Waals surface area contributed by atoms with E-state index in [1.165, 1.54) is 5.56 Å². The fourth-order valence-electron chi connectivity index (χ4n) is 3.30. The van der Waals surface area contributed by atoms with Gasteiger partial charge >= 0.3 is 0 Å². The Morgan fingerprint density at radius 1 is 0.935 bits per heavy atom. The predicted octanol–water partition coefficient (Wildman–Crippen LogP) is 4.66. The number of benzene rings is 2. The van der Waals surface area contributed by atoms with E-state index in [-0.39, 0.29) is 24.5 Å². The Bertz CT molecular complexity index is 831. The van der Waals surface area contributed by atoms with E-state index in [4.69, 9.17) is 4.74 Å². The predicted molar refractivity (Wildman–Crippen MR) is 125 cm³/mol. The van der Waals surface area contributed by atoms with Crippen LogP contribution >= 0.6 is 0 Å². The molecule has 2 aromatic rings. The van der Waals surface area contributed by atoms with Gasteiger partial charge in [-0.25, -0.2) is 0 Å². The zero-order valence-corrected chi connectivity index (χ0v) is 19.5. The molecule has 0 aliphatic heterocycles. The van der Waals surface area contributed by atoms with Gasteiger partial charge in [-0.05, 0) is 56.4 Å². The largest absolute Gasteiger partial charge is 0.484 e. The molecule has 0 radical (unpaired) electrons. The minimum Gasteiger partial charge on any atom is -0.484 e. The van der Waals surface area contributed by atoms with Crippen molar-refractivity contribution in [2.75, 3.05) is 6.61 Å². The molecule has 0 aliphatic carbocycles. The van der Waals surface area contributed by atoms with E-state index in [1.54, 1.807) is 4.90 Å². The van der Waals surface area contributed by atoms with Crippen molar-refractivity contribution in [2.45, 2.75) is 72.5 Å². The van der Waals surface area contributed by atoms with Crippen molar-refractivity contribution >= 4 is 11.8 Å². The molecule has 2 aromatic carbocycles. The first-order valence-electron chi connectivity index (χ1n) is 11.2. The number of nitrogens with one attached hydrogen (secondary N) is 1. The Morgan fingerprint density at radius 3 is 2.10 bits per heavy atom. The highest BCUT2D eigenvalue weighted by atomic mass is 16.5. The quantitative estimate of drug-likeness (QED) is 0.571. The first-order chi connectivity index (χ1) is 14.9. The summed E-state index contributed by atoms with van der Waals surface area (Å²) in [5.41, 5.74) is 3.36. The zero-order chi connectivity index (χ0) is 22.8. The van der Waals surface area contributed by atoms with Crippen molar-refractivity contribution in [3.05, 3.63) is 65.2 Å². The van der Waals surface area contributed by atoms with Crippen LogP contribution in [0.2, 0.25) is 0 Å². The Kier molecular flexibility index (Phi) is 9.57. The van der Waals surface area contributed by atoms with Crippen molar-refractivity contribution in [2.24, 2.45) is 0 Å². The van der Waals surface area contributed by atoms with Crippen LogP contribution in [0.5, 0.6) is 5.75 Å². The second-order valence-corrected chi connectivity index (χ2v) is 8.04. The molecular weight excluding hydrogens is 388 g/mol. The number of rotatable bonds is 11. The SMILES string of the molecule is CCc1ccc(OCC(=O)N(Cc2ccc(C)cc2)[C@H](CC)C(=O)N[C@@H](C)CC)cc1. The van der Waals surface area contributed by atoms with E-state index < -0.39 is 6.04 Å². The van der Waals surface area contributed by atoms with Gasteiger partial charge in [-0.2, -0.15) is 0 Å². The average Bonchev–Trinajstić information content (AvgIpc) is 2.78. The van der Waals surface area contributed by atoms with Crippen LogP contribution in [0.25, 0.3) is 0 Å². The molecule has 0 saturated carbocycles. The van der Waals surface area contributed by atoms with Crippen LogP contribution in [-0.4, -0.2) is 35.4 Å². The average molecular weight is 425 g/mol. The van der Waals surface area contributed by atoms with Gasteiger partial charge in [0, 0.05) is 12.6 Å². The van der Waals surface area contributed by atoms with Crippen molar-refractivity contribution in [1.82, 2.24) is 10.2 Å². The zero-order valence-electron chi connectivity index (χ0n) is 19.5. The lowest BCUT2D eigenvalue weighted by Crippen LogP contribution is -2.51. The summed E-state index contributed by atoms with van der Waals surface area (Å²) in [6.45, 7) is 10.3. The van der Waals surface area contributed by atoms with Crippen molar-refractivity contribution < 1.29 is 14.3 Å². The maximum atomic E-state index is 13.2. The van der Waals surface area contributed by atoms with Crippen molar-refractivity contribution in [1.29, 1.82) is 0 Å². The minimum absolute atomic E-state index is 0.0613. The minimum atomic E-state index is -0.547. The molecule has 0 aliphatic rings. The van der Waals surface area contributed by atoms with Gasteiger partial charge in [0.15, 0.2) is 6.61 Å². The first kappa shape index (κ1) is 24.4. The van der Waals surface area contributed by atoms with E-state index in [1.807, 2.05) is 76.2 Å². The number of ether oxygens (including phenoxy) is 1. The van der Waals surface area contributed by atoms with Gasteiger partial charge in [0.05, 0.1) is 0 Å². The van der Waals surface area contributed by atoms with Crippen LogP contribution in [0, 0.1) is 6.92 Å². The molecular formula is C26H36N2O3. The normalized spacial score (nSPS) is 12.7. The molecule has 0 unspecified atom stereocenters. The maximum absolute atomic E-state index is 13.2. The fraction of sp³-hybridized carbons (Fsp3) is 0.462. The molecule has 5 nitrogen and oxygen atoms in total. The van der Waals surface area contributed by atoms with E-state index in [9.17, 15) is 9.59 Å². The summed E-state index contributed by atoms with van der Waals surface area (Å²) in [6, 6.07) is 15.3. The van der Waals surface area contributed by atoms with Gasteiger partial charge in [-0.1, -0.05) is 62.7 Å². The Balaban J connectivity index is 2.18. The third kappa shape index (κ3) is 7.42. The van der Waals surface area contributed by atoms with Gasteiger partial charge in [-0.3, -0.25) is 9.59 Å². The summed E-state index contributed by atoms with van der Waals surface area (Å²) >= 11 is 0. The molecule has 0 saturated heterocycles. The lowest BCUT2D eigenvalue weighted by atomic mass is 10.1. The monoisotopic (exact) mass is 424 g/mol. The smallest absolute Gasteiger partial charge is 0.261 e. The summed E-state index contributed by atoms with van der Waals surface area (Å²) < 4.78 is 5.76. The van der Waals surface area contributed by atoms with Crippen LogP contribution in [0.1, 0.15) is 57.2 Å². The number of carbonyl (C=O) groups is 2. The highest BCUT2D eigenvalue weighted by molar-refractivity contribution is 5.88. The molecule has 2 amide bonds. The Morgan fingerprint density at radius 2 is 1.55 bits per heavy atom. The Labute approximate surface area is 186 Å². The summed E-state index contributed by atoms with van der Waals surface area (Å²) in [6.07, 6.45) is 2.32. The lowest BCUT2D eigenvalue weighted by molar-refractivity contribution is -0.143. The number of hydrogen-bond donors (Lipinski definition) is 1. The topological polar surface area (TPSA) is 58.6 Å². The molecule has 2 atom stereocenters. The number of hydrogen-bond acceptors (Lipinski definition) is 3. The van der Waals surface area contributed by atoms with E-state index >= 15 is 0 Å². The van der Waals surface area contributed by atoms with Crippen LogP contribution in [-0.2, 0) is 22.6 Å². The molecule has 5 heteroatoms. The van der Waals surface area contributed by atoms with Crippen LogP contribution in [0.4, 0.5) is 0 Å². The molecule has 31 heavy (non-hydrogen) atoms. The second-order valence-electron chi connectivity index (χ2n) is 8.04. The summed E-state index contributed by atoms with van der Waals surface area (Å²) in [7, 11) is 0. The molecule has 0 aromatic heterocycles. The highest BCUT2D eigenvalue weighted by Gasteiger charge is 2.29. The number of carbonyl (C=O) groups excluding carboxylic acids is 2. The maximum Gasteiger partial charge on any atom is 0.261 e. The third-order valence-electron chi connectivity index (χ3n) is 5.55. The molecule has 0 heterocycles. The molecule has 0 fully saturated rings. The van der Waals surface area contributed by atoms with Gasteiger partial charge < -0.3 is 15.0 Å². The second kappa shape index (κ2) is 12.1. The molecule has 168 valence electrons. The van der Waals surface area contributed by atoms with Crippen LogP contribution in [0.3, 0.4) is 0 Å². The van der Waals surface area contributed by atoms with E-state index in [0.717, 1.165) is 24.0 Å². The van der Waals surface area contributed by atoms with Crippen molar-refractivity contribution in [3.8, 4) is 5.75 Å². The summed E-state index contributed by atoms with van der Waals surface area (Å²) in [4.78, 5) is 27.8. The summed E-state index contributed by atoms with van der Waals surface area (Å²) in [5.74, 6) is 0.328. The standard InChI is InChI=1S/C26H36N2O3/c1-6-20(5)27-26(30)24(8-3)28(17-22-11-9-19(4)10-12-22)25(29)18-31-23-15-13-21(7-2)14-16-23/h9-16,20,24H,6-8,17-18H2,1-5H3,(H,27,30)/t20-,24+/m0/s1. The van der Waals surface area contributed by atoms with Crippen LogP contribution < -0.4 is 10.1 Å². The Hall–Kier alpha value is -2.82. The number of nitrogens with zero attached hydrogens (tertiary/aromatic N) is 1. The number of amides is 2. The van der Waals surface area contributed by atoms with E-state index in [0.29, 0.717) is 18.7 Å². The van der Waals surface area contributed by atoms with Gasteiger partial charge in [0.25, 0.3) is 5.91 Å². The number of aryl methyl sites for hydroxylation is 2. The first-order valence-corrected chi connectivity index (χ1v) is 11.2. The van der Waals surface area contributed by atoms with Gasteiger partial charge in [0.1, 0.15) is 11.8 Å². The van der Waals surface area contributed by atoms with E-state index in [2.05, 4.69) is 12.2 Å². The fourth-order valence-corrected chi connectivity index (χ4v) is 3.30. The molecule has 1 N–H and O–H groups in total. The molecule has 2 rings (SSSR count). The van der Waals surface area contributed by atoms with Crippen LogP contribution in [0.15, 0.2) is 48.5 Å². The molecule has 0 spiro atoms. The summed E-state index contributed by atoms with van der Waals surface area (Å²) in [5, 5.41) is 3.02. The lowest BCUT2D eigenvalue weighted by Gasteiger charge is -2.31. The molecule has 0 bridgehead atoms.